The molecule has 2 atom stereocenters. The lowest BCUT2D eigenvalue weighted by atomic mass is 9.92. The Morgan fingerprint density at radius 2 is 1.76 bits per heavy atom. The summed E-state index contributed by atoms with van der Waals surface area (Å²) in [4.78, 5) is 4.94. The quantitative estimate of drug-likeness (QED) is 0.839. The van der Waals surface area contributed by atoms with Gasteiger partial charge in [0.1, 0.15) is 0 Å². The fourth-order valence-corrected chi connectivity index (χ4v) is 4.21. The van der Waals surface area contributed by atoms with Crippen LogP contribution in [0.15, 0.2) is 30.3 Å². The number of hydrogen-bond donors (Lipinski definition) is 0. The van der Waals surface area contributed by atoms with Crippen LogP contribution in [0.3, 0.4) is 0 Å². The largest absolute Gasteiger partial charge is 0.454 e. The molecule has 0 aliphatic carbocycles. The highest BCUT2D eigenvalue weighted by Gasteiger charge is 2.35. The van der Waals surface area contributed by atoms with Crippen molar-refractivity contribution in [1.82, 2.24) is 15.1 Å². The summed E-state index contributed by atoms with van der Waals surface area (Å²) in [6.45, 7) is 2.38. The molecule has 2 bridgehead atoms. The van der Waals surface area contributed by atoms with E-state index < -0.39 is 0 Å². The van der Waals surface area contributed by atoms with Crippen molar-refractivity contribution >= 4 is 5.82 Å². The number of rotatable bonds is 2. The number of piperazine rings is 1. The van der Waals surface area contributed by atoms with E-state index in [0.29, 0.717) is 12.1 Å². The van der Waals surface area contributed by atoms with Crippen LogP contribution in [0.5, 0.6) is 11.5 Å². The first kappa shape index (κ1) is 15.0. The molecule has 3 aliphatic rings. The van der Waals surface area contributed by atoms with Gasteiger partial charge in [0.15, 0.2) is 17.3 Å². The number of aromatic nitrogens is 2. The van der Waals surface area contributed by atoms with Crippen molar-refractivity contribution in [3.63, 3.8) is 0 Å². The van der Waals surface area contributed by atoms with E-state index in [4.69, 9.17) is 9.47 Å². The molecule has 1 aromatic heterocycles. The summed E-state index contributed by atoms with van der Waals surface area (Å²) in [6, 6.07) is 11.3. The van der Waals surface area contributed by atoms with Gasteiger partial charge in [-0.25, -0.2) is 0 Å². The number of hydrogen-bond acceptors (Lipinski definition) is 6. The first-order valence-electron chi connectivity index (χ1n) is 8.98. The van der Waals surface area contributed by atoms with Crippen LogP contribution >= 0.6 is 0 Å². The lowest BCUT2D eigenvalue weighted by Gasteiger charge is -2.48. The average Bonchev–Trinajstić information content (AvgIpc) is 3.09. The molecule has 25 heavy (non-hydrogen) atoms. The van der Waals surface area contributed by atoms with Crippen LogP contribution in [-0.2, 0) is 0 Å². The average molecular weight is 338 g/mol. The Morgan fingerprint density at radius 1 is 0.960 bits per heavy atom. The van der Waals surface area contributed by atoms with Crippen molar-refractivity contribution < 1.29 is 9.47 Å². The van der Waals surface area contributed by atoms with Gasteiger partial charge in [0.25, 0.3) is 0 Å². The zero-order chi connectivity index (χ0) is 16.8. The topological polar surface area (TPSA) is 50.7 Å². The Morgan fingerprint density at radius 3 is 2.52 bits per heavy atom. The van der Waals surface area contributed by atoms with Gasteiger partial charge in [0, 0.05) is 30.7 Å². The highest BCUT2D eigenvalue weighted by molar-refractivity contribution is 5.64. The van der Waals surface area contributed by atoms with E-state index in [9.17, 15) is 0 Å². The Hall–Kier alpha value is -2.34. The molecule has 1 aromatic carbocycles. The number of anilines is 1. The first-order valence-corrected chi connectivity index (χ1v) is 8.98. The third kappa shape index (κ3) is 2.61. The van der Waals surface area contributed by atoms with E-state index in [-0.39, 0.29) is 6.79 Å². The molecule has 0 N–H and O–H groups in total. The first-order chi connectivity index (χ1) is 12.3. The standard InChI is InChI=1S/C19H22N4O2/c1-22-14-3-2-4-15(22)11-23(10-14)19-8-6-16(20-21-19)13-5-7-17-18(9-13)25-12-24-17/h5-9,14-15H,2-4,10-12H2,1H3. The molecule has 130 valence electrons. The van der Waals surface area contributed by atoms with E-state index in [0.717, 1.165) is 41.7 Å². The minimum Gasteiger partial charge on any atom is -0.454 e. The van der Waals surface area contributed by atoms with Gasteiger partial charge < -0.3 is 14.4 Å². The molecule has 0 saturated carbocycles. The molecule has 2 saturated heterocycles. The van der Waals surface area contributed by atoms with Gasteiger partial charge >= 0.3 is 0 Å². The normalized spacial score (nSPS) is 25.2. The molecule has 2 unspecified atom stereocenters. The second-order valence-electron chi connectivity index (χ2n) is 7.15. The lowest BCUT2D eigenvalue weighted by molar-refractivity contribution is 0.0946. The summed E-state index contributed by atoms with van der Waals surface area (Å²) in [6.07, 6.45) is 3.92. The van der Waals surface area contributed by atoms with Crippen molar-refractivity contribution in [3.05, 3.63) is 30.3 Å². The van der Waals surface area contributed by atoms with Gasteiger partial charge in [-0.2, -0.15) is 0 Å². The maximum Gasteiger partial charge on any atom is 0.231 e. The summed E-state index contributed by atoms with van der Waals surface area (Å²) in [5.74, 6) is 2.54. The fourth-order valence-electron chi connectivity index (χ4n) is 4.21. The fraction of sp³-hybridized carbons (Fsp3) is 0.474. The van der Waals surface area contributed by atoms with Crippen molar-refractivity contribution in [2.24, 2.45) is 0 Å². The molecule has 5 rings (SSSR count). The third-order valence-electron chi connectivity index (χ3n) is 5.73. The maximum atomic E-state index is 5.45. The van der Waals surface area contributed by atoms with E-state index in [1.54, 1.807) is 0 Å². The van der Waals surface area contributed by atoms with Crippen molar-refractivity contribution in [1.29, 1.82) is 0 Å². The van der Waals surface area contributed by atoms with E-state index in [2.05, 4.69) is 33.1 Å². The minimum absolute atomic E-state index is 0.287. The molecule has 0 amide bonds. The van der Waals surface area contributed by atoms with E-state index in [1.807, 2.05) is 24.3 Å². The number of benzene rings is 1. The van der Waals surface area contributed by atoms with E-state index in [1.165, 1.54) is 19.3 Å². The van der Waals surface area contributed by atoms with Crippen molar-refractivity contribution in [2.45, 2.75) is 31.3 Å². The van der Waals surface area contributed by atoms with Crippen LogP contribution in [0.4, 0.5) is 5.82 Å². The third-order valence-corrected chi connectivity index (χ3v) is 5.73. The van der Waals surface area contributed by atoms with Crippen LogP contribution < -0.4 is 14.4 Å². The Labute approximate surface area is 147 Å². The summed E-state index contributed by atoms with van der Waals surface area (Å²) in [5, 5.41) is 8.97. The smallest absolute Gasteiger partial charge is 0.231 e. The molecule has 0 radical (unpaired) electrons. The second kappa shape index (κ2) is 5.88. The van der Waals surface area contributed by atoms with Crippen LogP contribution in [0.25, 0.3) is 11.3 Å². The molecule has 6 heteroatoms. The van der Waals surface area contributed by atoms with Crippen LogP contribution in [0.2, 0.25) is 0 Å². The Balaban J connectivity index is 1.37. The highest BCUT2D eigenvalue weighted by Crippen LogP contribution is 2.35. The molecule has 2 fully saturated rings. The monoisotopic (exact) mass is 338 g/mol. The number of fused-ring (bicyclic) bond motifs is 3. The molecule has 6 nitrogen and oxygen atoms in total. The van der Waals surface area contributed by atoms with Crippen LogP contribution in [0, 0.1) is 0 Å². The minimum atomic E-state index is 0.287. The number of piperidine rings is 1. The van der Waals surface area contributed by atoms with E-state index >= 15 is 0 Å². The van der Waals surface area contributed by atoms with Crippen LogP contribution in [0.1, 0.15) is 19.3 Å². The Bertz CT molecular complexity index is 765. The number of likely N-dealkylation sites (N-methyl/N-ethyl adjacent to an activating group) is 1. The molecule has 0 spiro atoms. The summed E-state index contributed by atoms with van der Waals surface area (Å²) >= 11 is 0. The number of ether oxygens (including phenoxy) is 2. The maximum absolute atomic E-state index is 5.45. The van der Waals surface area contributed by atoms with Crippen molar-refractivity contribution in [2.75, 3.05) is 31.8 Å². The van der Waals surface area contributed by atoms with Crippen molar-refractivity contribution in [3.8, 4) is 22.8 Å². The summed E-state index contributed by atoms with van der Waals surface area (Å²) in [5.41, 5.74) is 1.86. The second-order valence-corrected chi connectivity index (χ2v) is 7.15. The summed E-state index contributed by atoms with van der Waals surface area (Å²) < 4.78 is 10.8. The summed E-state index contributed by atoms with van der Waals surface area (Å²) in [7, 11) is 2.26. The SMILES string of the molecule is CN1C2CCCC1CN(c1ccc(-c3ccc4c(c3)OCO4)nn1)C2. The van der Waals surface area contributed by atoms with Gasteiger partial charge in [-0.05, 0) is 50.2 Å². The molecule has 4 heterocycles. The molecule has 2 aromatic rings. The predicted molar refractivity (Wildman–Crippen MR) is 95.0 cm³/mol. The predicted octanol–water partition coefficient (Wildman–Crippen LogP) is 2.55. The van der Waals surface area contributed by atoms with Gasteiger partial charge in [-0.15, -0.1) is 10.2 Å². The lowest BCUT2D eigenvalue weighted by Crippen LogP contribution is -2.59. The van der Waals surface area contributed by atoms with Gasteiger partial charge in [0.2, 0.25) is 6.79 Å². The zero-order valence-electron chi connectivity index (χ0n) is 14.4. The zero-order valence-corrected chi connectivity index (χ0v) is 14.4. The van der Waals surface area contributed by atoms with Gasteiger partial charge in [-0.3, -0.25) is 4.90 Å². The van der Waals surface area contributed by atoms with Gasteiger partial charge in [0.05, 0.1) is 5.69 Å². The highest BCUT2D eigenvalue weighted by atomic mass is 16.7. The number of nitrogens with zero attached hydrogens (tertiary/aromatic N) is 4. The molecular weight excluding hydrogens is 316 g/mol. The molecular formula is C19H22N4O2. The van der Waals surface area contributed by atoms with Crippen LogP contribution in [-0.4, -0.2) is 54.1 Å². The Kier molecular flexibility index (Phi) is 3.52. The van der Waals surface area contributed by atoms with Gasteiger partial charge in [-0.1, -0.05) is 6.42 Å². The molecule has 3 aliphatic heterocycles.